The van der Waals surface area contributed by atoms with E-state index in [1.165, 1.54) is 0 Å². The van der Waals surface area contributed by atoms with E-state index in [0.717, 1.165) is 41.2 Å². The summed E-state index contributed by atoms with van der Waals surface area (Å²) in [7, 11) is 0. The Morgan fingerprint density at radius 1 is 1.00 bits per heavy atom. The minimum atomic E-state index is -0.0860. The maximum atomic E-state index is 12.9. The summed E-state index contributed by atoms with van der Waals surface area (Å²) in [5, 5.41) is 11.5. The van der Waals surface area contributed by atoms with Crippen LogP contribution < -0.4 is 5.32 Å². The van der Waals surface area contributed by atoms with Crippen LogP contribution in [0.25, 0.3) is 11.3 Å². The lowest BCUT2D eigenvalue weighted by Gasteiger charge is -2.18. The predicted octanol–water partition coefficient (Wildman–Crippen LogP) is 4.04. The molecule has 1 N–H and O–H groups in total. The van der Waals surface area contributed by atoms with Crippen molar-refractivity contribution in [1.29, 1.82) is 0 Å². The summed E-state index contributed by atoms with van der Waals surface area (Å²) in [6, 6.07) is 17.3. The highest BCUT2D eigenvalue weighted by atomic mass is 16.1. The van der Waals surface area contributed by atoms with Crippen LogP contribution >= 0.6 is 0 Å². The fourth-order valence-electron chi connectivity index (χ4n) is 3.20. The van der Waals surface area contributed by atoms with E-state index < -0.39 is 0 Å². The first kappa shape index (κ1) is 17.3. The van der Waals surface area contributed by atoms with E-state index in [1.54, 1.807) is 0 Å². The van der Waals surface area contributed by atoms with Gasteiger partial charge in [0.1, 0.15) is 0 Å². The number of benzene rings is 1. The van der Waals surface area contributed by atoms with Gasteiger partial charge in [-0.05, 0) is 69.0 Å². The van der Waals surface area contributed by atoms with Gasteiger partial charge in [0.2, 0.25) is 0 Å². The number of carbonyl (C=O) groups excluding carboxylic acids is 1. The molecule has 0 spiro atoms. The molecule has 27 heavy (non-hydrogen) atoms. The number of hydrogen-bond donors (Lipinski definition) is 1. The molecule has 1 atom stereocenters. The first-order valence-electron chi connectivity index (χ1n) is 9.25. The SMILES string of the molecule is Cc1ccc(-c2cccc(C(=O)N[C@H](c3cccc(C)n3)C3CC3)c2)nn1. The van der Waals surface area contributed by atoms with Crippen molar-refractivity contribution in [3.05, 3.63) is 77.2 Å². The molecule has 1 aliphatic rings. The molecule has 1 aliphatic carbocycles. The Morgan fingerprint density at radius 3 is 2.52 bits per heavy atom. The van der Waals surface area contributed by atoms with E-state index in [0.29, 0.717) is 11.5 Å². The van der Waals surface area contributed by atoms with Crippen LogP contribution in [0, 0.1) is 19.8 Å². The zero-order valence-electron chi connectivity index (χ0n) is 15.5. The number of nitrogens with one attached hydrogen (secondary N) is 1. The summed E-state index contributed by atoms with van der Waals surface area (Å²) < 4.78 is 0. The van der Waals surface area contributed by atoms with Crippen LogP contribution in [0.3, 0.4) is 0 Å². The molecule has 1 amide bonds. The lowest BCUT2D eigenvalue weighted by Crippen LogP contribution is -2.30. The van der Waals surface area contributed by atoms with Gasteiger partial charge < -0.3 is 5.32 Å². The van der Waals surface area contributed by atoms with E-state index in [1.807, 2.05) is 68.4 Å². The second-order valence-corrected chi connectivity index (χ2v) is 7.13. The molecule has 0 unspecified atom stereocenters. The van der Waals surface area contributed by atoms with Gasteiger partial charge in [-0.15, -0.1) is 0 Å². The molecule has 5 nitrogen and oxygen atoms in total. The monoisotopic (exact) mass is 358 g/mol. The Kier molecular flexibility index (Phi) is 4.67. The van der Waals surface area contributed by atoms with Crippen molar-refractivity contribution in [3.63, 3.8) is 0 Å². The third kappa shape index (κ3) is 4.03. The molecule has 2 aromatic heterocycles. The highest BCUT2D eigenvalue weighted by molar-refractivity contribution is 5.95. The van der Waals surface area contributed by atoms with Crippen LogP contribution in [-0.4, -0.2) is 21.1 Å². The molecular formula is C22H22N4O. The van der Waals surface area contributed by atoms with Gasteiger partial charge in [0, 0.05) is 16.8 Å². The van der Waals surface area contributed by atoms with Crippen molar-refractivity contribution in [2.45, 2.75) is 32.7 Å². The van der Waals surface area contributed by atoms with Gasteiger partial charge in [0.05, 0.1) is 23.1 Å². The molecule has 1 aromatic carbocycles. The van der Waals surface area contributed by atoms with Crippen molar-refractivity contribution in [2.75, 3.05) is 0 Å². The molecule has 2 heterocycles. The number of carbonyl (C=O) groups is 1. The van der Waals surface area contributed by atoms with Crippen molar-refractivity contribution in [1.82, 2.24) is 20.5 Å². The molecular weight excluding hydrogens is 336 g/mol. The first-order valence-corrected chi connectivity index (χ1v) is 9.25. The average molecular weight is 358 g/mol. The Hall–Kier alpha value is -3.08. The van der Waals surface area contributed by atoms with Gasteiger partial charge in [-0.1, -0.05) is 18.2 Å². The van der Waals surface area contributed by atoms with Gasteiger partial charge >= 0.3 is 0 Å². The van der Waals surface area contributed by atoms with Crippen LogP contribution in [-0.2, 0) is 0 Å². The number of aryl methyl sites for hydroxylation is 2. The van der Waals surface area contributed by atoms with Crippen molar-refractivity contribution < 1.29 is 4.79 Å². The molecule has 4 rings (SSSR count). The number of pyridine rings is 1. The van der Waals surface area contributed by atoms with E-state index in [2.05, 4.69) is 20.5 Å². The zero-order chi connectivity index (χ0) is 18.8. The summed E-state index contributed by atoms with van der Waals surface area (Å²) in [6.45, 7) is 3.87. The minimum absolute atomic E-state index is 0.0415. The number of nitrogens with zero attached hydrogens (tertiary/aromatic N) is 3. The van der Waals surface area contributed by atoms with Crippen LogP contribution in [0.4, 0.5) is 0 Å². The van der Waals surface area contributed by atoms with E-state index in [-0.39, 0.29) is 11.9 Å². The van der Waals surface area contributed by atoms with Crippen LogP contribution in [0.5, 0.6) is 0 Å². The molecule has 136 valence electrons. The molecule has 3 aromatic rings. The summed E-state index contributed by atoms with van der Waals surface area (Å²) in [5.41, 5.74) is 5.03. The largest absolute Gasteiger partial charge is 0.343 e. The van der Waals surface area contributed by atoms with Crippen molar-refractivity contribution in [3.8, 4) is 11.3 Å². The third-order valence-corrected chi connectivity index (χ3v) is 4.83. The van der Waals surface area contributed by atoms with Gasteiger partial charge in [0.15, 0.2) is 0 Å². The van der Waals surface area contributed by atoms with E-state index in [4.69, 9.17) is 0 Å². The second kappa shape index (κ2) is 7.27. The van der Waals surface area contributed by atoms with Crippen LogP contribution in [0.15, 0.2) is 54.6 Å². The number of hydrogen-bond acceptors (Lipinski definition) is 4. The smallest absolute Gasteiger partial charge is 0.251 e. The topological polar surface area (TPSA) is 67.8 Å². The average Bonchev–Trinajstić information content (AvgIpc) is 3.52. The lowest BCUT2D eigenvalue weighted by molar-refractivity contribution is 0.0930. The third-order valence-electron chi connectivity index (χ3n) is 4.83. The second-order valence-electron chi connectivity index (χ2n) is 7.13. The van der Waals surface area contributed by atoms with Crippen LogP contribution in [0.1, 0.15) is 46.3 Å². The predicted molar refractivity (Wildman–Crippen MR) is 104 cm³/mol. The Balaban J connectivity index is 1.57. The Morgan fingerprint density at radius 2 is 1.81 bits per heavy atom. The maximum absolute atomic E-state index is 12.9. The Bertz CT molecular complexity index is 964. The van der Waals surface area contributed by atoms with E-state index in [9.17, 15) is 4.79 Å². The molecule has 0 aliphatic heterocycles. The fourth-order valence-corrected chi connectivity index (χ4v) is 3.20. The van der Waals surface area contributed by atoms with Gasteiger partial charge in [0.25, 0.3) is 5.91 Å². The van der Waals surface area contributed by atoms with Gasteiger partial charge in [-0.25, -0.2) is 0 Å². The fraction of sp³-hybridized carbons (Fsp3) is 0.273. The summed E-state index contributed by atoms with van der Waals surface area (Å²) in [5.74, 6) is 0.381. The molecule has 5 heteroatoms. The van der Waals surface area contributed by atoms with E-state index >= 15 is 0 Å². The molecule has 1 saturated carbocycles. The lowest BCUT2D eigenvalue weighted by atomic mass is 10.0. The highest BCUT2D eigenvalue weighted by Gasteiger charge is 2.34. The molecule has 0 radical (unpaired) electrons. The maximum Gasteiger partial charge on any atom is 0.251 e. The van der Waals surface area contributed by atoms with Crippen LogP contribution in [0.2, 0.25) is 0 Å². The number of aromatic nitrogens is 3. The summed E-state index contributed by atoms with van der Waals surface area (Å²) >= 11 is 0. The summed E-state index contributed by atoms with van der Waals surface area (Å²) in [4.78, 5) is 17.5. The molecule has 1 fully saturated rings. The molecule has 0 bridgehead atoms. The first-order chi connectivity index (χ1) is 13.1. The number of amides is 1. The highest BCUT2D eigenvalue weighted by Crippen LogP contribution is 2.40. The van der Waals surface area contributed by atoms with Crippen molar-refractivity contribution >= 4 is 5.91 Å². The standard InChI is InChI=1S/C22H22N4O/c1-14-5-3-8-20(23-14)21(16-10-11-16)24-22(27)18-7-4-6-17(13-18)19-12-9-15(2)25-26-19/h3-9,12-13,16,21H,10-11H2,1-2H3,(H,24,27)/t21-/m0/s1. The zero-order valence-corrected chi connectivity index (χ0v) is 15.5. The minimum Gasteiger partial charge on any atom is -0.343 e. The summed E-state index contributed by atoms with van der Waals surface area (Å²) in [6.07, 6.45) is 2.25. The van der Waals surface area contributed by atoms with Gasteiger partial charge in [-0.2, -0.15) is 10.2 Å². The quantitative estimate of drug-likeness (QED) is 0.747. The van der Waals surface area contributed by atoms with Gasteiger partial charge in [-0.3, -0.25) is 9.78 Å². The Labute approximate surface area is 158 Å². The normalized spacial score (nSPS) is 14.6. The molecule has 0 saturated heterocycles. The number of rotatable bonds is 5. The van der Waals surface area contributed by atoms with Crippen molar-refractivity contribution in [2.24, 2.45) is 5.92 Å².